The summed E-state index contributed by atoms with van der Waals surface area (Å²) in [6.45, 7) is 2.24. The van der Waals surface area contributed by atoms with Crippen LogP contribution < -0.4 is 19.8 Å². The molecular formula is C19H23N3O3S. The topological polar surface area (TPSA) is 63.2 Å². The van der Waals surface area contributed by atoms with E-state index >= 15 is 0 Å². The van der Waals surface area contributed by atoms with Gasteiger partial charge in [0.25, 0.3) is 5.91 Å². The van der Waals surface area contributed by atoms with Crippen molar-refractivity contribution in [3.63, 3.8) is 0 Å². The van der Waals surface area contributed by atoms with Gasteiger partial charge in [-0.05, 0) is 49.6 Å². The Balaban J connectivity index is 1.60. The lowest BCUT2D eigenvalue weighted by molar-refractivity contribution is 0.0954. The molecule has 138 valence electrons. The van der Waals surface area contributed by atoms with Crippen molar-refractivity contribution in [1.29, 1.82) is 0 Å². The van der Waals surface area contributed by atoms with E-state index in [1.54, 1.807) is 42.9 Å². The van der Waals surface area contributed by atoms with Gasteiger partial charge in [0.15, 0.2) is 11.5 Å². The quantitative estimate of drug-likeness (QED) is 0.622. The van der Waals surface area contributed by atoms with Gasteiger partial charge >= 0.3 is 0 Å². The number of thiophene rings is 1. The molecule has 26 heavy (non-hydrogen) atoms. The predicted octanol–water partition coefficient (Wildman–Crippen LogP) is 3.52. The number of ether oxygens (including phenoxy) is 2. The van der Waals surface area contributed by atoms with Crippen LogP contribution in [0, 0.1) is 0 Å². The minimum absolute atomic E-state index is 0.296. The van der Waals surface area contributed by atoms with E-state index in [-0.39, 0.29) is 5.91 Å². The number of piperidine rings is 1. The highest BCUT2D eigenvalue weighted by Gasteiger charge is 2.13. The first-order valence-corrected chi connectivity index (χ1v) is 9.43. The van der Waals surface area contributed by atoms with Gasteiger partial charge in [-0.3, -0.25) is 4.79 Å². The SMILES string of the molecule is COc1ccc(C(=O)N/N=C/c2ccc(N3CCCCC3)s2)cc1OC. The summed E-state index contributed by atoms with van der Waals surface area (Å²) >= 11 is 1.69. The zero-order valence-corrected chi connectivity index (χ0v) is 15.8. The molecule has 0 bridgehead atoms. The molecule has 1 aromatic heterocycles. The van der Waals surface area contributed by atoms with Crippen molar-refractivity contribution >= 4 is 28.5 Å². The van der Waals surface area contributed by atoms with Gasteiger partial charge in [-0.1, -0.05) is 0 Å². The Morgan fingerprint density at radius 3 is 2.62 bits per heavy atom. The molecule has 1 saturated heterocycles. The molecule has 1 N–H and O–H groups in total. The van der Waals surface area contributed by atoms with E-state index in [2.05, 4.69) is 21.5 Å². The minimum Gasteiger partial charge on any atom is -0.493 e. The number of rotatable bonds is 6. The summed E-state index contributed by atoms with van der Waals surface area (Å²) in [5, 5.41) is 5.33. The van der Waals surface area contributed by atoms with E-state index in [1.165, 1.54) is 31.4 Å². The third-order valence-corrected chi connectivity index (χ3v) is 5.36. The molecule has 6 nitrogen and oxygen atoms in total. The van der Waals surface area contributed by atoms with Crippen LogP contribution in [0.3, 0.4) is 0 Å². The minimum atomic E-state index is -0.296. The lowest BCUT2D eigenvalue weighted by atomic mass is 10.1. The fourth-order valence-corrected chi connectivity index (χ4v) is 3.82. The largest absolute Gasteiger partial charge is 0.493 e. The van der Waals surface area contributed by atoms with E-state index in [1.807, 2.05) is 6.07 Å². The number of hydrazone groups is 1. The Morgan fingerprint density at radius 2 is 1.88 bits per heavy atom. The number of nitrogens with one attached hydrogen (secondary N) is 1. The molecule has 0 spiro atoms. The highest BCUT2D eigenvalue weighted by molar-refractivity contribution is 7.17. The predicted molar refractivity (Wildman–Crippen MR) is 105 cm³/mol. The first-order chi connectivity index (χ1) is 12.7. The third-order valence-electron chi connectivity index (χ3n) is 4.28. The number of methoxy groups -OCH3 is 2. The molecule has 1 amide bonds. The van der Waals surface area contributed by atoms with Crippen molar-refractivity contribution in [1.82, 2.24) is 5.43 Å². The Morgan fingerprint density at radius 1 is 1.12 bits per heavy atom. The van der Waals surface area contributed by atoms with Crippen LogP contribution in [0.2, 0.25) is 0 Å². The molecule has 0 saturated carbocycles. The molecule has 3 rings (SSSR count). The molecular weight excluding hydrogens is 350 g/mol. The Kier molecular flexibility index (Phi) is 6.12. The average Bonchev–Trinajstić information content (AvgIpc) is 3.17. The maximum atomic E-state index is 12.2. The third kappa shape index (κ3) is 4.35. The second-order valence-electron chi connectivity index (χ2n) is 5.99. The molecule has 0 atom stereocenters. The van der Waals surface area contributed by atoms with Crippen molar-refractivity contribution in [2.45, 2.75) is 19.3 Å². The molecule has 7 heteroatoms. The molecule has 2 aromatic rings. The number of benzene rings is 1. The van der Waals surface area contributed by atoms with Gasteiger partial charge in [-0.15, -0.1) is 11.3 Å². The Hall–Kier alpha value is -2.54. The zero-order chi connectivity index (χ0) is 18.4. The smallest absolute Gasteiger partial charge is 0.271 e. The second-order valence-corrected chi connectivity index (χ2v) is 7.09. The standard InChI is InChI=1S/C19H23N3O3S/c1-24-16-8-6-14(12-17(16)25-2)19(23)21-20-13-15-7-9-18(26-15)22-10-4-3-5-11-22/h6-9,12-13H,3-5,10-11H2,1-2H3,(H,21,23)/b20-13+. The van der Waals surface area contributed by atoms with Crippen molar-refractivity contribution in [3.05, 3.63) is 40.8 Å². The molecule has 0 aliphatic carbocycles. The lowest BCUT2D eigenvalue weighted by Gasteiger charge is -2.27. The zero-order valence-electron chi connectivity index (χ0n) is 15.0. The monoisotopic (exact) mass is 373 g/mol. The number of carbonyl (C=O) groups is 1. The van der Waals surface area contributed by atoms with Gasteiger partial charge in [0.2, 0.25) is 0 Å². The van der Waals surface area contributed by atoms with Crippen LogP contribution in [0.15, 0.2) is 35.4 Å². The molecule has 2 heterocycles. The second kappa shape index (κ2) is 8.71. The number of hydrogen-bond acceptors (Lipinski definition) is 6. The maximum Gasteiger partial charge on any atom is 0.271 e. The molecule has 0 radical (unpaired) electrons. The number of nitrogens with zero attached hydrogens (tertiary/aromatic N) is 2. The van der Waals surface area contributed by atoms with Gasteiger partial charge in [-0.25, -0.2) is 5.43 Å². The Labute approximate surface area is 157 Å². The normalized spacial score (nSPS) is 14.5. The summed E-state index contributed by atoms with van der Waals surface area (Å²) in [5.41, 5.74) is 3.01. The van der Waals surface area contributed by atoms with Crippen molar-refractivity contribution in [2.24, 2.45) is 5.10 Å². The van der Waals surface area contributed by atoms with Crippen LogP contribution in [0.4, 0.5) is 5.00 Å². The van der Waals surface area contributed by atoms with Gasteiger partial charge < -0.3 is 14.4 Å². The van der Waals surface area contributed by atoms with Gasteiger partial charge in [-0.2, -0.15) is 5.10 Å². The average molecular weight is 373 g/mol. The fourth-order valence-electron chi connectivity index (χ4n) is 2.89. The van der Waals surface area contributed by atoms with Crippen LogP contribution in [0.1, 0.15) is 34.5 Å². The molecule has 1 aromatic carbocycles. The van der Waals surface area contributed by atoms with E-state index in [9.17, 15) is 4.79 Å². The van der Waals surface area contributed by atoms with Crippen molar-refractivity contribution < 1.29 is 14.3 Å². The van der Waals surface area contributed by atoms with E-state index in [4.69, 9.17) is 9.47 Å². The summed E-state index contributed by atoms with van der Waals surface area (Å²) in [6, 6.07) is 9.14. The van der Waals surface area contributed by atoms with Crippen molar-refractivity contribution in [2.75, 3.05) is 32.2 Å². The summed E-state index contributed by atoms with van der Waals surface area (Å²) in [6.07, 6.45) is 5.50. The van der Waals surface area contributed by atoms with E-state index < -0.39 is 0 Å². The van der Waals surface area contributed by atoms with Crippen molar-refractivity contribution in [3.8, 4) is 11.5 Å². The van der Waals surface area contributed by atoms with E-state index in [0.717, 1.165) is 18.0 Å². The Bertz CT molecular complexity index is 782. The number of hydrogen-bond donors (Lipinski definition) is 1. The molecule has 0 unspecified atom stereocenters. The van der Waals surface area contributed by atoms with Crippen LogP contribution >= 0.6 is 11.3 Å². The highest BCUT2D eigenvalue weighted by atomic mass is 32.1. The van der Waals surface area contributed by atoms with Gasteiger partial charge in [0, 0.05) is 23.5 Å². The number of anilines is 1. The first-order valence-electron chi connectivity index (χ1n) is 8.61. The lowest BCUT2D eigenvalue weighted by Crippen LogP contribution is -2.28. The summed E-state index contributed by atoms with van der Waals surface area (Å²) < 4.78 is 10.4. The van der Waals surface area contributed by atoms with Crippen LogP contribution in [-0.4, -0.2) is 39.4 Å². The van der Waals surface area contributed by atoms with Gasteiger partial charge in [0.05, 0.1) is 25.4 Å². The first kappa shape index (κ1) is 18.3. The molecule has 1 aliphatic heterocycles. The summed E-state index contributed by atoms with van der Waals surface area (Å²) in [5.74, 6) is 0.792. The van der Waals surface area contributed by atoms with E-state index in [0.29, 0.717) is 17.1 Å². The fraction of sp³-hybridized carbons (Fsp3) is 0.368. The van der Waals surface area contributed by atoms with Crippen LogP contribution in [-0.2, 0) is 0 Å². The highest BCUT2D eigenvalue weighted by Crippen LogP contribution is 2.28. The maximum absolute atomic E-state index is 12.2. The van der Waals surface area contributed by atoms with Crippen LogP contribution in [0.5, 0.6) is 11.5 Å². The summed E-state index contributed by atoms with van der Waals surface area (Å²) in [4.78, 5) is 15.7. The molecule has 1 fully saturated rings. The van der Waals surface area contributed by atoms with Crippen LogP contribution in [0.25, 0.3) is 0 Å². The number of amides is 1. The number of carbonyl (C=O) groups excluding carboxylic acids is 1. The summed E-state index contributed by atoms with van der Waals surface area (Å²) in [7, 11) is 3.09. The van der Waals surface area contributed by atoms with Gasteiger partial charge in [0.1, 0.15) is 0 Å². The molecule has 1 aliphatic rings.